The molecular formula is C9H19NO4. The molecule has 0 aromatic rings. The largest absolute Gasteiger partial charge is 0.438 e. The van der Waals surface area contributed by atoms with E-state index >= 15 is 0 Å². The van der Waals surface area contributed by atoms with E-state index in [0.29, 0.717) is 13.0 Å². The number of amides is 1. The Morgan fingerprint density at radius 1 is 1.36 bits per heavy atom. The summed E-state index contributed by atoms with van der Waals surface area (Å²) in [6, 6.07) is 0. The van der Waals surface area contributed by atoms with Gasteiger partial charge in [0.05, 0.1) is 0 Å². The van der Waals surface area contributed by atoms with E-state index in [0.717, 1.165) is 6.42 Å². The lowest BCUT2D eigenvalue weighted by Gasteiger charge is -2.16. The Kier molecular flexibility index (Phi) is 6.23. The summed E-state index contributed by atoms with van der Waals surface area (Å²) in [4.78, 5) is 20.2. The van der Waals surface area contributed by atoms with Crippen LogP contribution in [0.2, 0.25) is 0 Å². The van der Waals surface area contributed by atoms with E-state index in [2.05, 4.69) is 10.2 Å². The van der Waals surface area contributed by atoms with Crippen LogP contribution in [0.25, 0.3) is 0 Å². The molecule has 5 nitrogen and oxygen atoms in total. The molecule has 0 saturated carbocycles. The first kappa shape index (κ1) is 13.2. The van der Waals surface area contributed by atoms with Gasteiger partial charge in [-0.3, -0.25) is 4.89 Å². The third kappa shape index (κ3) is 9.28. The van der Waals surface area contributed by atoms with Gasteiger partial charge in [-0.25, -0.2) is 4.79 Å². The molecule has 14 heavy (non-hydrogen) atoms. The van der Waals surface area contributed by atoms with Crippen molar-refractivity contribution < 1.29 is 19.7 Å². The molecule has 1 amide bonds. The quantitative estimate of drug-likeness (QED) is 0.402. The van der Waals surface area contributed by atoms with E-state index < -0.39 is 11.7 Å². The molecule has 0 saturated heterocycles. The summed E-state index contributed by atoms with van der Waals surface area (Å²) in [5.41, 5.74) is -0.498. The van der Waals surface area contributed by atoms with Gasteiger partial charge < -0.3 is 10.4 Å². The Balaban J connectivity index is 3.38. The standard InChI is InChI=1S/C9H19NO4/c1-9(2,3)14-13-8(12)10-6-4-5-7-11/h11H,4-7H2,1-3H3,(H,10,12). The average molecular weight is 205 g/mol. The first-order valence-electron chi connectivity index (χ1n) is 4.70. The number of aliphatic hydroxyl groups excluding tert-OH is 1. The Morgan fingerprint density at radius 3 is 2.50 bits per heavy atom. The zero-order valence-corrected chi connectivity index (χ0v) is 9.00. The molecule has 0 aliphatic heterocycles. The van der Waals surface area contributed by atoms with Gasteiger partial charge in [0, 0.05) is 13.2 Å². The molecule has 0 aromatic carbocycles. The molecule has 0 radical (unpaired) electrons. The third-order valence-corrected chi connectivity index (χ3v) is 1.22. The normalized spacial score (nSPS) is 11.1. The van der Waals surface area contributed by atoms with Crippen molar-refractivity contribution in [2.75, 3.05) is 13.2 Å². The number of unbranched alkanes of at least 4 members (excludes halogenated alkanes) is 1. The van der Waals surface area contributed by atoms with Crippen molar-refractivity contribution in [3.05, 3.63) is 0 Å². The average Bonchev–Trinajstić information content (AvgIpc) is 2.08. The first-order valence-corrected chi connectivity index (χ1v) is 4.70. The minimum atomic E-state index is -0.599. The van der Waals surface area contributed by atoms with Crippen LogP contribution in [0.15, 0.2) is 0 Å². The molecular weight excluding hydrogens is 186 g/mol. The van der Waals surface area contributed by atoms with Crippen LogP contribution < -0.4 is 5.32 Å². The number of carbonyl (C=O) groups is 1. The van der Waals surface area contributed by atoms with Gasteiger partial charge in [-0.05, 0) is 33.6 Å². The number of hydrogen-bond donors (Lipinski definition) is 2. The molecule has 2 N–H and O–H groups in total. The Labute approximate surface area is 84.3 Å². The SMILES string of the molecule is CC(C)(C)OOC(=O)NCCCCO. The predicted molar refractivity (Wildman–Crippen MR) is 51.6 cm³/mol. The van der Waals surface area contributed by atoms with Crippen molar-refractivity contribution in [3.8, 4) is 0 Å². The van der Waals surface area contributed by atoms with E-state index in [9.17, 15) is 4.79 Å². The van der Waals surface area contributed by atoms with Gasteiger partial charge in [-0.2, -0.15) is 4.89 Å². The summed E-state index contributed by atoms with van der Waals surface area (Å²) in [5, 5.41) is 11.0. The molecule has 0 atom stereocenters. The van der Waals surface area contributed by atoms with Crippen molar-refractivity contribution in [1.82, 2.24) is 5.32 Å². The Morgan fingerprint density at radius 2 is 2.00 bits per heavy atom. The lowest BCUT2D eigenvalue weighted by Crippen LogP contribution is -2.29. The number of rotatable bonds is 5. The van der Waals surface area contributed by atoms with Crippen LogP contribution in [0, 0.1) is 0 Å². The van der Waals surface area contributed by atoms with Crippen LogP contribution in [0.1, 0.15) is 33.6 Å². The number of carbonyl (C=O) groups excluding carboxylic acids is 1. The highest BCUT2D eigenvalue weighted by molar-refractivity contribution is 5.66. The van der Waals surface area contributed by atoms with Crippen molar-refractivity contribution in [2.24, 2.45) is 0 Å². The second-order valence-corrected chi connectivity index (χ2v) is 3.92. The van der Waals surface area contributed by atoms with Gasteiger partial charge in [0.1, 0.15) is 5.60 Å². The fraction of sp³-hybridized carbons (Fsp3) is 0.889. The summed E-state index contributed by atoms with van der Waals surface area (Å²) in [6.07, 6.45) is 0.791. The monoisotopic (exact) mass is 205 g/mol. The van der Waals surface area contributed by atoms with Crippen molar-refractivity contribution in [3.63, 3.8) is 0 Å². The van der Waals surface area contributed by atoms with Gasteiger partial charge >= 0.3 is 6.09 Å². The molecule has 0 heterocycles. The number of hydrogen-bond acceptors (Lipinski definition) is 4. The van der Waals surface area contributed by atoms with Crippen LogP contribution in [0.3, 0.4) is 0 Å². The summed E-state index contributed by atoms with van der Waals surface area (Å²) in [5.74, 6) is 0. The second kappa shape index (κ2) is 6.62. The molecule has 0 aliphatic rings. The summed E-state index contributed by atoms with van der Waals surface area (Å²) < 4.78 is 0. The van der Waals surface area contributed by atoms with Gasteiger partial charge in [0.15, 0.2) is 0 Å². The maximum atomic E-state index is 10.9. The lowest BCUT2D eigenvalue weighted by atomic mass is 10.2. The zero-order valence-electron chi connectivity index (χ0n) is 9.00. The fourth-order valence-corrected chi connectivity index (χ4v) is 0.620. The van der Waals surface area contributed by atoms with Gasteiger partial charge in [0.2, 0.25) is 0 Å². The summed E-state index contributed by atoms with van der Waals surface area (Å²) >= 11 is 0. The van der Waals surface area contributed by atoms with Gasteiger partial charge in [-0.1, -0.05) is 0 Å². The van der Waals surface area contributed by atoms with Crippen molar-refractivity contribution in [1.29, 1.82) is 0 Å². The topological polar surface area (TPSA) is 67.8 Å². The molecule has 5 heteroatoms. The smallest absolute Gasteiger partial charge is 0.396 e. The van der Waals surface area contributed by atoms with E-state index in [4.69, 9.17) is 9.99 Å². The van der Waals surface area contributed by atoms with E-state index in [1.165, 1.54) is 0 Å². The van der Waals surface area contributed by atoms with E-state index in [1.807, 2.05) is 0 Å². The molecule has 0 spiro atoms. The summed E-state index contributed by atoms with van der Waals surface area (Å²) in [6.45, 7) is 5.96. The Bertz CT molecular complexity index is 165. The van der Waals surface area contributed by atoms with Crippen molar-refractivity contribution in [2.45, 2.75) is 39.2 Å². The maximum absolute atomic E-state index is 10.9. The second-order valence-electron chi connectivity index (χ2n) is 3.92. The maximum Gasteiger partial charge on any atom is 0.438 e. The van der Waals surface area contributed by atoms with Crippen LogP contribution in [0.4, 0.5) is 4.79 Å². The van der Waals surface area contributed by atoms with Crippen molar-refractivity contribution >= 4 is 6.09 Å². The highest BCUT2D eigenvalue weighted by atomic mass is 17.2. The highest BCUT2D eigenvalue weighted by Gasteiger charge is 2.14. The number of nitrogens with one attached hydrogen (secondary N) is 1. The van der Waals surface area contributed by atoms with Crippen LogP contribution in [0.5, 0.6) is 0 Å². The van der Waals surface area contributed by atoms with Gasteiger partial charge in [-0.15, -0.1) is 0 Å². The third-order valence-electron chi connectivity index (χ3n) is 1.22. The molecule has 0 rings (SSSR count). The minimum Gasteiger partial charge on any atom is -0.396 e. The molecule has 0 aliphatic carbocycles. The van der Waals surface area contributed by atoms with Crippen LogP contribution in [-0.2, 0) is 9.78 Å². The van der Waals surface area contributed by atoms with Crippen LogP contribution >= 0.6 is 0 Å². The van der Waals surface area contributed by atoms with Crippen LogP contribution in [-0.4, -0.2) is 30.0 Å². The molecule has 0 fully saturated rings. The first-order chi connectivity index (χ1) is 6.45. The fourth-order valence-electron chi connectivity index (χ4n) is 0.620. The predicted octanol–water partition coefficient (Wildman–Crippen LogP) is 1.22. The minimum absolute atomic E-state index is 0.134. The zero-order chi connectivity index (χ0) is 11.0. The molecule has 0 aromatic heterocycles. The van der Waals surface area contributed by atoms with E-state index in [-0.39, 0.29) is 6.61 Å². The summed E-state index contributed by atoms with van der Waals surface area (Å²) in [7, 11) is 0. The molecule has 84 valence electrons. The Hall–Kier alpha value is -0.810. The molecule has 0 unspecified atom stereocenters. The highest BCUT2D eigenvalue weighted by Crippen LogP contribution is 2.06. The molecule has 0 bridgehead atoms. The van der Waals surface area contributed by atoms with E-state index in [1.54, 1.807) is 20.8 Å². The lowest BCUT2D eigenvalue weighted by molar-refractivity contribution is -0.300. The number of aliphatic hydroxyl groups is 1. The van der Waals surface area contributed by atoms with Gasteiger partial charge in [0.25, 0.3) is 0 Å².